The molecule has 0 radical (unpaired) electrons. The van der Waals surface area contributed by atoms with Crippen LogP contribution in [0.5, 0.6) is 5.75 Å². The standard InChI is InChI=1S/C31H34ClN3O3/c1-31(2,3)24-14-10-21(11-15-24)28(35(4)5)19-33-30(36)27-18-29(38-34-27)22-12-16-25(17-13-22)37-20-23-8-6-7-9-26(23)32/h6-18,28H,19-20H2,1-5H3,(H,33,36). The first-order valence-electron chi connectivity index (χ1n) is 12.6. The first-order valence-corrected chi connectivity index (χ1v) is 13.0. The van der Waals surface area contributed by atoms with Gasteiger partial charge in [-0.25, -0.2) is 0 Å². The number of carbonyl (C=O) groups is 1. The molecule has 0 aliphatic carbocycles. The van der Waals surface area contributed by atoms with Crippen LogP contribution in [0.15, 0.2) is 83.4 Å². The monoisotopic (exact) mass is 531 g/mol. The summed E-state index contributed by atoms with van der Waals surface area (Å²) in [6.45, 7) is 7.41. The molecule has 4 aromatic rings. The fourth-order valence-corrected chi connectivity index (χ4v) is 4.28. The van der Waals surface area contributed by atoms with Crippen molar-refractivity contribution in [2.75, 3.05) is 20.6 Å². The number of nitrogens with zero attached hydrogens (tertiary/aromatic N) is 2. The Labute approximate surface area is 229 Å². The maximum absolute atomic E-state index is 12.9. The number of rotatable bonds is 9. The molecule has 3 aromatic carbocycles. The summed E-state index contributed by atoms with van der Waals surface area (Å²) in [5.74, 6) is 0.934. The first kappa shape index (κ1) is 27.4. The third-order valence-electron chi connectivity index (χ3n) is 6.47. The van der Waals surface area contributed by atoms with E-state index in [0.29, 0.717) is 29.7 Å². The summed E-state index contributed by atoms with van der Waals surface area (Å²) in [7, 11) is 4.01. The molecule has 1 atom stereocenters. The lowest BCUT2D eigenvalue weighted by Gasteiger charge is -2.26. The molecule has 1 unspecified atom stereocenters. The number of amides is 1. The fourth-order valence-electron chi connectivity index (χ4n) is 4.09. The average Bonchev–Trinajstić information content (AvgIpc) is 3.39. The van der Waals surface area contributed by atoms with Crippen molar-refractivity contribution in [1.29, 1.82) is 0 Å². The summed E-state index contributed by atoms with van der Waals surface area (Å²) >= 11 is 6.20. The van der Waals surface area contributed by atoms with Crippen LogP contribution in [0, 0.1) is 0 Å². The van der Waals surface area contributed by atoms with Crippen LogP contribution < -0.4 is 10.1 Å². The van der Waals surface area contributed by atoms with Gasteiger partial charge in [-0.15, -0.1) is 0 Å². The van der Waals surface area contributed by atoms with E-state index in [9.17, 15) is 4.79 Å². The molecule has 0 aliphatic heterocycles. The third kappa shape index (κ3) is 6.82. The molecule has 1 heterocycles. The van der Waals surface area contributed by atoms with Crippen LogP contribution in [0.4, 0.5) is 0 Å². The van der Waals surface area contributed by atoms with Gasteiger partial charge in [-0.1, -0.05) is 80.0 Å². The Morgan fingerprint density at radius 1 is 1.03 bits per heavy atom. The van der Waals surface area contributed by atoms with E-state index in [2.05, 4.69) is 60.4 Å². The van der Waals surface area contributed by atoms with Gasteiger partial charge >= 0.3 is 0 Å². The highest BCUT2D eigenvalue weighted by molar-refractivity contribution is 6.31. The molecule has 0 fully saturated rings. The number of ether oxygens (including phenoxy) is 1. The normalized spacial score (nSPS) is 12.4. The van der Waals surface area contributed by atoms with Gasteiger partial charge in [0.2, 0.25) is 0 Å². The van der Waals surface area contributed by atoms with E-state index in [4.69, 9.17) is 20.9 Å². The zero-order valence-electron chi connectivity index (χ0n) is 22.5. The predicted molar refractivity (Wildman–Crippen MR) is 152 cm³/mol. The molecule has 198 valence electrons. The Hall–Kier alpha value is -3.61. The molecule has 0 saturated heterocycles. The molecule has 4 rings (SSSR count). The SMILES string of the molecule is CN(C)C(CNC(=O)c1cc(-c2ccc(OCc3ccccc3Cl)cc2)on1)c1ccc(C(C)(C)C)cc1. The van der Waals surface area contributed by atoms with Crippen LogP contribution in [-0.4, -0.2) is 36.6 Å². The van der Waals surface area contributed by atoms with Gasteiger partial charge in [0.25, 0.3) is 5.91 Å². The second kappa shape index (κ2) is 11.8. The summed E-state index contributed by atoms with van der Waals surface area (Å²) in [5, 5.41) is 7.66. The highest BCUT2D eigenvalue weighted by Crippen LogP contribution is 2.26. The Morgan fingerprint density at radius 2 is 1.71 bits per heavy atom. The molecule has 1 aromatic heterocycles. The lowest BCUT2D eigenvalue weighted by molar-refractivity contribution is 0.0933. The summed E-state index contributed by atoms with van der Waals surface area (Å²) in [4.78, 5) is 14.9. The highest BCUT2D eigenvalue weighted by atomic mass is 35.5. The second-order valence-electron chi connectivity index (χ2n) is 10.5. The summed E-state index contributed by atoms with van der Waals surface area (Å²) in [6, 6.07) is 25.3. The van der Waals surface area contributed by atoms with Gasteiger partial charge in [0.1, 0.15) is 12.4 Å². The molecule has 0 bridgehead atoms. The van der Waals surface area contributed by atoms with Crippen molar-refractivity contribution in [3.63, 3.8) is 0 Å². The highest BCUT2D eigenvalue weighted by Gasteiger charge is 2.20. The van der Waals surface area contributed by atoms with E-state index < -0.39 is 0 Å². The lowest BCUT2D eigenvalue weighted by Crippen LogP contribution is -2.34. The van der Waals surface area contributed by atoms with Crippen molar-refractivity contribution in [3.05, 3.63) is 106 Å². The fraction of sp³-hybridized carbons (Fsp3) is 0.290. The van der Waals surface area contributed by atoms with Gasteiger partial charge < -0.3 is 19.5 Å². The van der Waals surface area contributed by atoms with E-state index in [1.54, 1.807) is 6.07 Å². The number of benzene rings is 3. The van der Waals surface area contributed by atoms with Crippen molar-refractivity contribution in [1.82, 2.24) is 15.4 Å². The maximum Gasteiger partial charge on any atom is 0.273 e. The largest absolute Gasteiger partial charge is 0.489 e. The Balaban J connectivity index is 1.36. The van der Waals surface area contributed by atoms with Gasteiger partial charge in [-0.3, -0.25) is 4.79 Å². The summed E-state index contributed by atoms with van der Waals surface area (Å²) in [5.41, 5.74) is 4.46. The Kier molecular flexibility index (Phi) is 8.55. The molecule has 0 saturated carbocycles. The van der Waals surface area contributed by atoms with Crippen LogP contribution in [0.2, 0.25) is 5.02 Å². The van der Waals surface area contributed by atoms with Gasteiger partial charge in [0.15, 0.2) is 11.5 Å². The molecular weight excluding hydrogens is 498 g/mol. The first-order chi connectivity index (χ1) is 18.1. The van der Waals surface area contributed by atoms with Crippen molar-refractivity contribution in [2.45, 2.75) is 38.8 Å². The topological polar surface area (TPSA) is 67.6 Å². The van der Waals surface area contributed by atoms with Gasteiger partial charge in [0.05, 0.1) is 6.04 Å². The minimum atomic E-state index is -0.280. The lowest BCUT2D eigenvalue weighted by atomic mass is 9.86. The molecular formula is C31H34ClN3O3. The third-order valence-corrected chi connectivity index (χ3v) is 6.84. The van der Waals surface area contributed by atoms with Crippen molar-refractivity contribution in [3.8, 4) is 17.1 Å². The van der Waals surface area contributed by atoms with Crippen LogP contribution >= 0.6 is 11.6 Å². The van der Waals surface area contributed by atoms with E-state index in [-0.39, 0.29) is 23.1 Å². The Bertz CT molecular complexity index is 1360. The van der Waals surface area contributed by atoms with Crippen molar-refractivity contribution in [2.24, 2.45) is 0 Å². The molecule has 0 aliphatic rings. The van der Waals surface area contributed by atoms with Gasteiger partial charge in [0, 0.05) is 28.8 Å². The van der Waals surface area contributed by atoms with E-state index >= 15 is 0 Å². The van der Waals surface area contributed by atoms with Crippen molar-refractivity contribution >= 4 is 17.5 Å². The minimum absolute atomic E-state index is 0.0256. The van der Waals surface area contributed by atoms with Crippen LogP contribution in [0.1, 0.15) is 54.0 Å². The molecule has 6 nitrogen and oxygen atoms in total. The number of carbonyl (C=O) groups excluding carboxylic acids is 1. The van der Waals surface area contributed by atoms with Crippen LogP contribution in [0.3, 0.4) is 0 Å². The summed E-state index contributed by atoms with van der Waals surface area (Å²) in [6.07, 6.45) is 0. The molecule has 1 N–H and O–H groups in total. The second-order valence-corrected chi connectivity index (χ2v) is 10.9. The quantitative estimate of drug-likeness (QED) is 0.254. The number of hydrogen-bond acceptors (Lipinski definition) is 5. The van der Waals surface area contributed by atoms with E-state index in [0.717, 1.165) is 16.7 Å². The molecule has 1 amide bonds. The zero-order valence-corrected chi connectivity index (χ0v) is 23.3. The zero-order chi connectivity index (χ0) is 27.3. The Morgan fingerprint density at radius 3 is 2.34 bits per heavy atom. The average molecular weight is 532 g/mol. The number of halogens is 1. The van der Waals surface area contributed by atoms with Crippen LogP contribution in [0.25, 0.3) is 11.3 Å². The number of likely N-dealkylation sites (N-methyl/N-ethyl adjacent to an activating group) is 1. The van der Waals surface area contributed by atoms with Gasteiger partial charge in [-0.2, -0.15) is 0 Å². The molecule has 7 heteroatoms. The number of aromatic nitrogens is 1. The minimum Gasteiger partial charge on any atom is -0.489 e. The maximum atomic E-state index is 12.9. The molecule has 38 heavy (non-hydrogen) atoms. The molecule has 0 spiro atoms. The van der Waals surface area contributed by atoms with Crippen LogP contribution in [-0.2, 0) is 12.0 Å². The number of nitrogens with one attached hydrogen (secondary N) is 1. The van der Waals surface area contributed by atoms with Crippen molar-refractivity contribution < 1.29 is 14.1 Å². The number of hydrogen-bond donors (Lipinski definition) is 1. The van der Waals surface area contributed by atoms with E-state index in [1.165, 1.54) is 5.56 Å². The van der Waals surface area contributed by atoms with E-state index in [1.807, 2.05) is 62.6 Å². The van der Waals surface area contributed by atoms with Gasteiger partial charge in [-0.05, 0) is 61.0 Å². The smallest absolute Gasteiger partial charge is 0.273 e. The summed E-state index contributed by atoms with van der Waals surface area (Å²) < 4.78 is 11.3. The predicted octanol–water partition coefficient (Wildman–Crippen LogP) is 6.90.